The number of benzene rings is 3. The fourth-order valence-corrected chi connectivity index (χ4v) is 3.36. The molecule has 0 saturated carbocycles. The summed E-state index contributed by atoms with van der Waals surface area (Å²) in [4.78, 5) is 19.8. The maximum Gasteiger partial charge on any atom is 0.282 e. The molecule has 4 heteroatoms. The van der Waals surface area contributed by atoms with Crippen LogP contribution in [0, 0.1) is 13.8 Å². The van der Waals surface area contributed by atoms with Gasteiger partial charge in [0, 0.05) is 5.56 Å². The number of carbonyl (C=O) groups is 1. The third kappa shape index (κ3) is 3.83. The van der Waals surface area contributed by atoms with Crippen molar-refractivity contribution in [2.75, 3.05) is 12.0 Å². The Balaban J connectivity index is 1.81. The first kappa shape index (κ1) is 18.7. The van der Waals surface area contributed by atoms with Crippen molar-refractivity contribution in [3.05, 3.63) is 101 Å². The number of amidine groups is 1. The quantitative estimate of drug-likeness (QED) is 0.586. The van der Waals surface area contributed by atoms with Crippen LogP contribution in [0.1, 0.15) is 22.3 Å². The van der Waals surface area contributed by atoms with Crippen LogP contribution in [0.25, 0.3) is 6.08 Å². The molecule has 0 aromatic heterocycles. The summed E-state index contributed by atoms with van der Waals surface area (Å²) >= 11 is 0. The summed E-state index contributed by atoms with van der Waals surface area (Å²) in [6.45, 7) is 4.05. The van der Waals surface area contributed by atoms with Gasteiger partial charge in [0.05, 0.1) is 12.8 Å². The third-order valence-electron chi connectivity index (χ3n) is 4.82. The number of ether oxygens (including phenoxy) is 1. The van der Waals surface area contributed by atoms with Crippen LogP contribution < -0.4 is 9.64 Å². The maximum atomic E-state index is 13.3. The second kappa shape index (κ2) is 7.76. The number of anilines is 1. The van der Waals surface area contributed by atoms with E-state index < -0.39 is 0 Å². The van der Waals surface area contributed by atoms with E-state index in [0.717, 1.165) is 33.7 Å². The molecule has 3 aromatic carbocycles. The van der Waals surface area contributed by atoms with E-state index in [1.165, 1.54) is 0 Å². The second-order valence-electron chi connectivity index (χ2n) is 7.09. The summed E-state index contributed by atoms with van der Waals surface area (Å²) in [7, 11) is 1.63. The van der Waals surface area contributed by atoms with Crippen molar-refractivity contribution in [3.8, 4) is 5.75 Å². The summed E-state index contributed by atoms with van der Waals surface area (Å²) in [5.41, 5.74) is 5.24. The standard InChI is InChI=1S/C25H22N2O2/c1-17-6-4-8-20(14-17)24-26-23(16-19-10-12-22(29-3)13-11-19)25(28)27(24)21-9-5-7-18(2)15-21/h4-16H,1-3H3/b23-16+. The van der Waals surface area contributed by atoms with Crippen molar-refractivity contribution < 1.29 is 9.53 Å². The highest BCUT2D eigenvalue weighted by Crippen LogP contribution is 2.29. The van der Waals surface area contributed by atoms with Gasteiger partial charge >= 0.3 is 0 Å². The number of nitrogens with zero attached hydrogens (tertiary/aromatic N) is 2. The van der Waals surface area contributed by atoms with Gasteiger partial charge in [-0.2, -0.15) is 0 Å². The van der Waals surface area contributed by atoms with Crippen LogP contribution in [0.3, 0.4) is 0 Å². The van der Waals surface area contributed by atoms with Gasteiger partial charge in [0.15, 0.2) is 0 Å². The minimum absolute atomic E-state index is 0.136. The van der Waals surface area contributed by atoms with Gasteiger partial charge < -0.3 is 4.74 Å². The van der Waals surface area contributed by atoms with Gasteiger partial charge in [-0.25, -0.2) is 4.99 Å². The average molecular weight is 382 g/mol. The van der Waals surface area contributed by atoms with Crippen molar-refractivity contribution in [1.29, 1.82) is 0 Å². The lowest BCUT2D eigenvalue weighted by Crippen LogP contribution is -2.32. The average Bonchev–Trinajstić information content (AvgIpc) is 3.05. The molecule has 0 fully saturated rings. The van der Waals surface area contributed by atoms with Gasteiger partial charge in [0.1, 0.15) is 17.3 Å². The van der Waals surface area contributed by atoms with E-state index in [2.05, 4.69) is 0 Å². The molecule has 0 saturated heterocycles. The van der Waals surface area contributed by atoms with Crippen LogP contribution in [-0.4, -0.2) is 18.9 Å². The largest absolute Gasteiger partial charge is 0.497 e. The minimum Gasteiger partial charge on any atom is -0.497 e. The Bertz CT molecular complexity index is 1130. The molecule has 0 radical (unpaired) electrons. The van der Waals surface area contributed by atoms with E-state index in [-0.39, 0.29) is 5.91 Å². The summed E-state index contributed by atoms with van der Waals surface area (Å²) < 4.78 is 5.21. The van der Waals surface area contributed by atoms with Crippen molar-refractivity contribution in [3.63, 3.8) is 0 Å². The number of methoxy groups -OCH3 is 1. The Morgan fingerprint density at radius 1 is 0.897 bits per heavy atom. The first-order valence-corrected chi connectivity index (χ1v) is 9.48. The van der Waals surface area contributed by atoms with Crippen LogP contribution in [0.15, 0.2) is 83.5 Å². The number of rotatable bonds is 4. The van der Waals surface area contributed by atoms with Gasteiger partial charge in [-0.3, -0.25) is 9.69 Å². The summed E-state index contributed by atoms with van der Waals surface area (Å²) in [6, 6.07) is 23.5. The lowest BCUT2D eigenvalue weighted by Gasteiger charge is -2.19. The van der Waals surface area contributed by atoms with E-state index in [0.29, 0.717) is 11.5 Å². The number of hydrogen-bond donors (Lipinski definition) is 0. The minimum atomic E-state index is -0.136. The predicted molar refractivity (Wildman–Crippen MR) is 117 cm³/mol. The van der Waals surface area contributed by atoms with Crippen molar-refractivity contribution in [2.24, 2.45) is 4.99 Å². The molecule has 3 aromatic rings. The van der Waals surface area contributed by atoms with Crippen LogP contribution in [0.5, 0.6) is 5.75 Å². The smallest absolute Gasteiger partial charge is 0.282 e. The summed E-state index contributed by atoms with van der Waals surface area (Å²) in [5, 5.41) is 0. The van der Waals surface area contributed by atoms with Gasteiger partial charge in [-0.15, -0.1) is 0 Å². The number of aliphatic imine (C=N–C) groups is 1. The first-order valence-electron chi connectivity index (χ1n) is 9.48. The molecule has 0 spiro atoms. The fraction of sp³-hybridized carbons (Fsp3) is 0.120. The molecule has 1 aliphatic heterocycles. The molecule has 0 unspecified atom stereocenters. The molecule has 29 heavy (non-hydrogen) atoms. The van der Waals surface area contributed by atoms with Gasteiger partial charge in [-0.05, 0) is 61.4 Å². The Kier molecular flexibility index (Phi) is 5.00. The number of hydrogen-bond acceptors (Lipinski definition) is 3. The second-order valence-corrected chi connectivity index (χ2v) is 7.09. The van der Waals surface area contributed by atoms with Crippen molar-refractivity contribution in [1.82, 2.24) is 0 Å². The molecule has 0 aliphatic carbocycles. The van der Waals surface area contributed by atoms with E-state index in [1.54, 1.807) is 12.0 Å². The highest BCUT2D eigenvalue weighted by Gasteiger charge is 2.32. The topological polar surface area (TPSA) is 41.9 Å². The lowest BCUT2D eigenvalue weighted by molar-refractivity contribution is -0.113. The predicted octanol–water partition coefficient (Wildman–Crippen LogP) is 5.15. The Morgan fingerprint density at radius 2 is 1.59 bits per heavy atom. The van der Waals surface area contributed by atoms with E-state index in [4.69, 9.17) is 9.73 Å². The SMILES string of the molecule is COc1ccc(/C=C2/N=C(c3cccc(C)c3)N(c3cccc(C)c3)C2=O)cc1. The molecule has 1 aliphatic rings. The first-order chi connectivity index (χ1) is 14.0. The van der Waals surface area contributed by atoms with Crippen LogP contribution in [0.2, 0.25) is 0 Å². The normalized spacial score (nSPS) is 15.0. The zero-order valence-corrected chi connectivity index (χ0v) is 16.7. The number of amides is 1. The van der Waals surface area contributed by atoms with Crippen LogP contribution in [-0.2, 0) is 4.79 Å². The molecule has 0 bridgehead atoms. The Morgan fingerprint density at radius 3 is 2.24 bits per heavy atom. The molecule has 1 heterocycles. The fourth-order valence-electron chi connectivity index (χ4n) is 3.36. The van der Waals surface area contributed by atoms with Gasteiger partial charge in [0.2, 0.25) is 0 Å². The molecule has 0 atom stereocenters. The highest BCUT2D eigenvalue weighted by molar-refractivity contribution is 6.33. The summed E-state index contributed by atoms with van der Waals surface area (Å²) in [6.07, 6.45) is 1.81. The third-order valence-corrected chi connectivity index (χ3v) is 4.82. The molecular formula is C25H22N2O2. The zero-order chi connectivity index (χ0) is 20.4. The molecule has 4 nitrogen and oxygen atoms in total. The molecule has 4 rings (SSSR count). The number of carbonyl (C=O) groups excluding carboxylic acids is 1. The van der Waals surface area contributed by atoms with Gasteiger partial charge in [-0.1, -0.05) is 48.0 Å². The summed E-state index contributed by atoms with van der Waals surface area (Å²) in [5.74, 6) is 1.28. The molecule has 1 amide bonds. The Labute approximate surface area is 170 Å². The highest BCUT2D eigenvalue weighted by atomic mass is 16.5. The monoisotopic (exact) mass is 382 g/mol. The van der Waals surface area contributed by atoms with E-state index in [9.17, 15) is 4.79 Å². The zero-order valence-electron chi connectivity index (χ0n) is 16.7. The van der Waals surface area contributed by atoms with Crippen molar-refractivity contribution >= 4 is 23.5 Å². The van der Waals surface area contributed by atoms with Crippen LogP contribution >= 0.6 is 0 Å². The van der Waals surface area contributed by atoms with E-state index in [1.807, 2.05) is 92.7 Å². The van der Waals surface area contributed by atoms with E-state index >= 15 is 0 Å². The Hall–Kier alpha value is -3.66. The van der Waals surface area contributed by atoms with Crippen LogP contribution in [0.4, 0.5) is 5.69 Å². The molecule has 0 N–H and O–H groups in total. The van der Waals surface area contributed by atoms with Crippen molar-refractivity contribution in [2.45, 2.75) is 13.8 Å². The lowest BCUT2D eigenvalue weighted by atomic mass is 10.1. The maximum absolute atomic E-state index is 13.3. The molecule has 144 valence electrons. The number of aryl methyl sites for hydroxylation is 2. The van der Waals surface area contributed by atoms with Gasteiger partial charge in [0.25, 0.3) is 5.91 Å². The molecular weight excluding hydrogens is 360 g/mol.